The first-order valence-corrected chi connectivity index (χ1v) is 6.48. The fraction of sp³-hybridized carbons (Fsp3) is 0.200. The van der Waals surface area contributed by atoms with Crippen LogP contribution < -0.4 is 5.32 Å². The Morgan fingerprint density at radius 2 is 2.00 bits per heavy atom. The third kappa shape index (κ3) is 3.80. The van der Waals surface area contributed by atoms with E-state index in [0.717, 1.165) is 22.6 Å². The number of carbonyl (C=O) groups excluding carboxylic acids is 1. The molecule has 0 saturated carbocycles. The first-order chi connectivity index (χ1) is 9.16. The quantitative estimate of drug-likeness (QED) is 0.931. The summed E-state index contributed by atoms with van der Waals surface area (Å²) < 4.78 is 0. The van der Waals surface area contributed by atoms with Crippen LogP contribution in [-0.4, -0.2) is 17.4 Å². The zero-order valence-electron chi connectivity index (χ0n) is 10.7. The molecule has 1 N–H and O–H groups in total. The van der Waals surface area contributed by atoms with Gasteiger partial charge in [0.25, 0.3) is 5.91 Å². The van der Waals surface area contributed by atoms with Gasteiger partial charge in [0.15, 0.2) is 0 Å². The van der Waals surface area contributed by atoms with Crippen molar-refractivity contribution in [3.8, 4) is 0 Å². The van der Waals surface area contributed by atoms with E-state index in [9.17, 15) is 4.79 Å². The van der Waals surface area contributed by atoms with Gasteiger partial charge < -0.3 is 5.32 Å². The van der Waals surface area contributed by atoms with E-state index in [-0.39, 0.29) is 5.91 Å². The minimum Gasteiger partial charge on any atom is -0.352 e. The molecular weight excluding hydrogens is 260 g/mol. The number of pyridine rings is 1. The predicted octanol–water partition coefficient (Wildman–Crippen LogP) is 3.02. The molecular formula is C15H15ClN2O. The maximum absolute atomic E-state index is 11.9. The van der Waals surface area contributed by atoms with Crippen LogP contribution in [0.25, 0.3) is 0 Å². The molecule has 0 bridgehead atoms. The molecule has 1 aromatic carbocycles. The van der Waals surface area contributed by atoms with Crippen LogP contribution in [0, 0.1) is 6.92 Å². The Bertz CT molecular complexity index is 567. The fourth-order valence-electron chi connectivity index (χ4n) is 1.77. The zero-order chi connectivity index (χ0) is 13.7. The van der Waals surface area contributed by atoms with E-state index in [1.54, 1.807) is 12.4 Å². The average molecular weight is 275 g/mol. The summed E-state index contributed by atoms with van der Waals surface area (Å²) in [5.74, 6) is -0.0837. The predicted molar refractivity (Wildman–Crippen MR) is 76.5 cm³/mol. The molecule has 19 heavy (non-hydrogen) atoms. The number of carbonyl (C=O) groups is 1. The molecule has 2 aromatic rings. The first kappa shape index (κ1) is 13.6. The maximum Gasteiger partial charge on any atom is 0.253 e. The fourth-order valence-corrected chi connectivity index (χ4v) is 1.89. The van der Waals surface area contributed by atoms with Crippen LogP contribution in [0.2, 0.25) is 5.02 Å². The molecule has 0 unspecified atom stereocenters. The van der Waals surface area contributed by atoms with E-state index in [2.05, 4.69) is 10.3 Å². The van der Waals surface area contributed by atoms with Crippen molar-refractivity contribution in [3.05, 3.63) is 64.4 Å². The van der Waals surface area contributed by atoms with Gasteiger partial charge in [-0.25, -0.2) is 0 Å². The molecule has 0 atom stereocenters. The number of aromatic nitrogens is 1. The molecule has 3 nitrogen and oxygen atoms in total. The summed E-state index contributed by atoms with van der Waals surface area (Å²) in [5, 5.41) is 3.61. The monoisotopic (exact) mass is 274 g/mol. The summed E-state index contributed by atoms with van der Waals surface area (Å²) >= 11 is 5.82. The van der Waals surface area contributed by atoms with Gasteiger partial charge in [0.1, 0.15) is 0 Å². The average Bonchev–Trinajstić information content (AvgIpc) is 2.41. The highest BCUT2D eigenvalue weighted by Gasteiger charge is 2.07. The van der Waals surface area contributed by atoms with E-state index in [4.69, 9.17) is 11.6 Å². The van der Waals surface area contributed by atoms with Gasteiger partial charge in [0, 0.05) is 24.0 Å². The Balaban J connectivity index is 1.88. The summed E-state index contributed by atoms with van der Waals surface area (Å²) in [4.78, 5) is 15.9. The molecule has 1 heterocycles. The SMILES string of the molecule is Cc1ccncc1C(=O)NCCc1ccc(Cl)cc1. The molecule has 1 aromatic heterocycles. The Kier molecular flexibility index (Phi) is 4.53. The van der Waals surface area contributed by atoms with Gasteiger partial charge in [0.05, 0.1) is 5.56 Å². The van der Waals surface area contributed by atoms with Gasteiger partial charge in [-0.2, -0.15) is 0 Å². The largest absolute Gasteiger partial charge is 0.352 e. The van der Waals surface area contributed by atoms with Crippen LogP contribution in [0.3, 0.4) is 0 Å². The topological polar surface area (TPSA) is 42.0 Å². The molecule has 1 amide bonds. The number of hydrogen-bond acceptors (Lipinski definition) is 2. The van der Waals surface area contributed by atoms with Crippen LogP contribution in [0.1, 0.15) is 21.5 Å². The molecule has 0 radical (unpaired) electrons. The van der Waals surface area contributed by atoms with Crippen molar-refractivity contribution >= 4 is 17.5 Å². The summed E-state index contributed by atoms with van der Waals surface area (Å²) in [7, 11) is 0. The number of halogens is 1. The summed E-state index contributed by atoms with van der Waals surface area (Å²) in [6.45, 7) is 2.49. The first-order valence-electron chi connectivity index (χ1n) is 6.10. The number of hydrogen-bond donors (Lipinski definition) is 1. The van der Waals surface area contributed by atoms with E-state index in [1.165, 1.54) is 0 Å². The van der Waals surface area contributed by atoms with Crippen LogP contribution in [0.15, 0.2) is 42.7 Å². The lowest BCUT2D eigenvalue weighted by molar-refractivity contribution is 0.0953. The molecule has 0 spiro atoms. The van der Waals surface area contributed by atoms with Crippen molar-refractivity contribution < 1.29 is 4.79 Å². The van der Waals surface area contributed by atoms with Crippen molar-refractivity contribution in [2.24, 2.45) is 0 Å². The molecule has 98 valence electrons. The van der Waals surface area contributed by atoms with Crippen LogP contribution in [-0.2, 0) is 6.42 Å². The molecule has 2 rings (SSSR count). The Morgan fingerprint density at radius 1 is 1.26 bits per heavy atom. The lowest BCUT2D eigenvalue weighted by Crippen LogP contribution is -2.26. The molecule has 4 heteroatoms. The van der Waals surface area contributed by atoms with Gasteiger partial charge in [-0.05, 0) is 42.7 Å². The normalized spacial score (nSPS) is 10.2. The van der Waals surface area contributed by atoms with E-state index in [1.807, 2.05) is 37.3 Å². The summed E-state index contributed by atoms with van der Waals surface area (Å²) in [6, 6.07) is 9.45. The standard InChI is InChI=1S/C15H15ClN2O/c1-11-6-8-17-10-14(11)15(19)18-9-7-12-2-4-13(16)5-3-12/h2-6,8,10H,7,9H2,1H3,(H,18,19). The number of rotatable bonds is 4. The van der Waals surface area contributed by atoms with Crippen molar-refractivity contribution in [2.75, 3.05) is 6.54 Å². The molecule has 0 saturated heterocycles. The maximum atomic E-state index is 11.9. The van der Waals surface area contributed by atoms with Gasteiger partial charge in [-0.3, -0.25) is 9.78 Å². The number of nitrogens with zero attached hydrogens (tertiary/aromatic N) is 1. The highest BCUT2D eigenvalue weighted by molar-refractivity contribution is 6.30. The van der Waals surface area contributed by atoms with E-state index in [0.29, 0.717) is 12.1 Å². The smallest absolute Gasteiger partial charge is 0.253 e. The number of benzene rings is 1. The highest BCUT2D eigenvalue weighted by Crippen LogP contribution is 2.09. The van der Waals surface area contributed by atoms with Crippen molar-refractivity contribution in [2.45, 2.75) is 13.3 Å². The van der Waals surface area contributed by atoms with Crippen LogP contribution in [0.5, 0.6) is 0 Å². The van der Waals surface area contributed by atoms with Gasteiger partial charge in [-0.1, -0.05) is 23.7 Å². The molecule has 0 aliphatic carbocycles. The third-order valence-corrected chi connectivity index (χ3v) is 3.15. The second-order valence-corrected chi connectivity index (χ2v) is 4.76. The Hall–Kier alpha value is -1.87. The van der Waals surface area contributed by atoms with Crippen molar-refractivity contribution in [1.82, 2.24) is 10.3 Å². The van der Waals surface area contributed by atoms with Crippen molar-refractivity contribution in [3.63, 3.8) is 0 Å². The van der Waals surface area contributed by atoms with E-state index < -0.39 is 0 Å². The zero-order valence-corrected chi connectivity index (χ0v) is 11.4. The number of nitrogens with one attached hydrogen (secondary N) is 1. The Labute approximate surface area is 117 Å². The second kappa shape index (κ2) is 6.34. The van der Waals surface area contributed by atoms with Crippen molar-refractivity contribution in [1.29, 1.82) is 0 Å². The van der Waals surface area contributed by atoms with E-state index >= 15 is 0 Å². The molecule has 0 aliphatic heterocycles. The van der Waals surface area contributed by atoms with Gasteiger partial charge in [-0.15, -0.1) is 0 Å². The van der Waals surface area contributed by atoms with Gasteiger partial charge in [0.2, 0.25) is 0 Å². The van der Waals surface area contributed by atoms with Gasteiger partial charge >= 0.3 is 0 Å². The summed E-state index contributed by atoms with van der Waals surface area (Å²) in [5.41, 5.74) is 2.70. The van der Waals surface area contributed by atoms with Crippen LogP contribution in [0.4, 0.5) is 0 Å². The lowest BCUT2D eigenvalue weighted by atomic mass is 10.1. The molecule has 0 aliphatic rings. The third-order valence-electron chi connectivity index (χ3n) is 2.90. The highest BCUT2D eigenvalue weighted by atomic mass is 35.5. The minimum atomic E-state index is -0.0837. The summed E-state index contributed by atoms with van der Waals surface area (Å²) in [6.07, 6.45) is 4.05. The lowest BCUT2D eigenvalue weighted by Gasteiger charge is -2.07. The van der Waals surface area contributed by atoms with Crippen LogP contribution >= 0.6 is 11.6 Å². The number of amides is 1. The second-order valence-electron chi connectivity index (χ2n) is 4.32. The molecule has 0 fully saturated rings. The minimum absolute atomic E-state index is 0.0837. The Morgan fingerprint density at radius 3 is 2.68 bits per heavy atom. The number of aryl methyl sites for hydroxylation is 1.